The Bertz CT molecular complexity index is 652. The monoisotopic (exact) mass is 286 g/mol. The van der Waals surface area contributed by atoms with Crippen LogP contribution in [-0.2, 0) is 9.31 Å². The van der Waals surface area contributed by atoms with Crippen molar-refractivity contribution in [2.75, 3.05) is 0 Å². The highest BCUT2D eigenvalue weighted by molar-refractivity contribution is 6.62. The second-order valence-electron chi connectivity index (χ2n) is 6.27. The summed E-state index contributed by atoms with van der Waals surface area (Å²) in [5.74, 6) is 1.44. The zero-order valence-electron chi connectivity index (χ0n) is 13.0. The van der Waals surface area contributed by atoms with Gasteiger partial charge in [0.2, 0.25) is 0 Å². The topological polar surface area (TPSA) is 62.1 Å². The van der Waals surface area contributed by atoms with E-state index in [4.69, 9.17) is 9.31 Å². The van der Waals surface area contributed by atoms with E-state index >= 15 is 0 Å². The first kappa shape index (κ1) is 14.2. The molecule has 1 saturated heterocycles. The molecule has 0 N–H and O–H groups in total. The molecule has 7 heteroatoms. The van der Waals surface area contributed by atoms with Gasteiger partial charge in [-0.2, -0.15) is 5.10 Å². The highest BCUT2D eigenvalue weighted by Crippen LogP contribution is 2.36. The molecule has 3 heterocycles. The van der Waals surface area contributed by atoms with E-state index in [0.29, 0.717) is 5.82 Å². The Kier molecular flexibility index (Phi) is 3.14. The molecule has 0 bridgehead atoms. The molecule has 0 saturated carbocycles. The number of hydrogen-bond donors (Lipinski definition) is 0. The molecule has 0 unspecified atom stereocenters. The van der Waals surface area contributed by atoms with Gasteiger partial charge in [0.1, 0.15) is 5.82 Å². The molecule has 21 heavy (non-hydrogen) atoms. The Morgan fingerprint density at radius 2 is 1.81 bits per heavy atom. The normalized spacial score (nSPS) is 20.0. The van der Waals surface area contributed by atoms with Crippen molar-refractivity contribution in [3.8, 4) is 5.82 Å². The fourth-order valence-electron chi connectivity index (χ4n) is 2.13. The maximum atomic E-state index is 6.01. The lowest BCUT2D eigenvalue weighted by Crippen LogP contribution is -2.41. The second-order valence-corrected chi connectivity index (χ2v) is 6.27. The number of hydrogen-bond acceptors (Lipinski definition) is 5. The van der Waals surface area contributed by atoms with Gasteiger partial charge in [0, 0.05) is 30.1 Å². The molecule has 3 rings (SSSR count). The van der Waals surface area contributed by atoms with E-state index in [9.17, 15) is 0 Å². The van der Waals surface area contributed by atoms with Crippen molar-refractivity contribution in [2.24, 2.45) is 0 Å². The Balaban J connectivity index is 1.87. The summed E-state index contributed by atoms with van der Waals surface area (Å²) in [4.78, 5) is 8.43. The smallest absolute Gasteiger partial charge is 0.399 e. The average molecular weight is 286 g/mol. The van der Waals surface area contributed by atoms with Gasteiger partial charge < -0.3 is 9.31 Å². The van der Waals surface area contributed by atoms with Crippen LogP contribution in [0.1, 0.15) is 33.5 Å². The van der Waals surface area contributed by atoms with Crippen molar-refractivity contribution in [2.45, 2.75) is 45.8 Å². The standard InChI is InChI=1S/C14H19BN4O2/c1-10-16-7-6-12(18-10)19-9-11(8-17-19)15-20-13(2,3)14(4,5)21-15/h6-9H,1-5H3. The minimum absolute atomic E-state index is 0.356. The molecule has 2 aromatic heterocycles. The summed E-state index contributed by atoms with van der Waals surface area (Å²) < 4.78 is 13.7. The van der Waals surface area contributed by atoms with Crippen LogP contribution >= 0.6 is 0 Å². The van der Waals surface area contributed by atoms with Gasteiger partial charge in [-0.15, -0.1) is 0 Å². The highest BCUT2D eigenvalue weighted by atomic mass is 16.7. The third kappa shape index (κ3) is 2.47. The van der Waals surface area contributed by atoms with Gasteiger partial charge in [0.05, 0.1) is 11.2 Å². The quantitative estimate of drug-likeness (QED) is 0.778. The number of aromatic nitrogens is 4. The van der Waals surface area contributed by atoms with Crippen molar-refractivity contribution in [1.29, 1.82) is 0 Å². The van der Waals surface area contributed by atoms with Gasteiger partial charge in [0.25, 0.3) is 0 Å². The molecule has 1 aliphatic heterocycles. The third-order valence-corrected chi connectivity index (χ3v) is 4.12. The predicted molar refractivity (Wildman–Crippen MR) is 79.6 cm³/mol. The van der Waals surface area contributed by atoms with Crippen LogP contribution in [0.3, 0.4) is 0 Å². The molecule has 0 spiro atoms. The third-order valence-electron chi connectivity index (χ3n) is 4.12. The molecule has 1 aliphatic rings. The van der Waals surface area contributed by atoms with E-state index in [2.05, 4.69) is 15.1 Å². The van der Waals surface area contributed by atoms with Crippen LogP contribution in [0.4, 0.5) is 0 Å². The predicted octanol–water partition coefficient (Wildman–Crippen LogP) is 1.27. The van der Waals surface area contributed by atoms with Crippen molar-refractivity contribution in [3.63, 3.8) is 0 Å². The minimum Gasteiger partial charge on any atom is -0.399 e. The molecular formula is C14H19BN4O2. The Hall–Kier alpha value is -1.73. The molecule has 0 aromatic carbocycles. The molecule has 110 valence electrons. The van der Waals surface area contributed by atoms with Crippen LogP contribution in [0.15, 0.2) is 24.7 Å². The van der Waals surface area contributed by atoms with Gasteiger partial charge >= 0.3 is 7.12 Å². The number of aryl methyl sites for hydroxylation is 1. The van der Waals surface area contributed by atoms with Crippen molar-refractivity contribution in [3.05, 3.63) is 30.5 Å². The van der Waals surface area contributed by atoms with Gasteiger partial charge in [-0.25, -0.2) is 14.6 Å². The number of nitrogens with zero attached hydrogens (tertiary/aromatic N) is 4. The second kappa shape index (κ2) is 4.64. The first-order chi connectivity index (χ1) is 9.78. The van der Waals surface area contributed by atoms with Crippen LogP contribution in [0.25, 0.3) is 5.82 Å². The summed E-state index contributed by atoms with van der Waals surface area (Å²) in [6.45, 7) is 9.98. The molecule has 0 aliphatic carbocycles. The highest BCUT2D eigenvalue weighted by Gasteiger charge is 2.52. The summed E-state index contributed by atoms with van der Waals surface area (Å²) >= 11 is 0. The molecule has 0 atom stereocenters. The van der Waals surface area contributed by atoms with E-state index in [0.717, 1.165) is 11.3 Å². The van der Waals surface area contributed by atoms with Gasteiger partial charge in [-0.05, 0) is 34.6 Å². The molecule has 0 radical (unpaired) electrons. The molecule has 1 fully saturated rings. The SMILES string of the molecule is Cc1nccc(-n2cc(B3OC(C)(C)C(C)(C)O3)cn2)n1. The molecule has 6 nitrogen and oxygen atoms in total. The van der Waals surface area contributed by atoms with E-state index in [1.165, 1.54) is 0 Å². The Morgan fingerprint density at radius 3 is 2.43 bits per heavy atom. The van der Waals surface area contributed by atoms with Gasteiger partial charge in [0.15, 0.2) is 5.82 Å². The molecule has 2 aromatic rings. The fourth-order valence-corrected chi connectivity index (χ4v) is 2.13. The van der Waals surface area contributed by atoms with E-state index in [1.807, 2.05) is 46.9 Å². The van der Waals surface area contributed by atoms with Gasteiger partial charge in [-0.1, -0.05) is 0 Å². The fraction of sp³-hybridized carbons (Fsp3) is 0.500. The lowest BCUT2D eigenvalue weighted by Gasteiger charge is -2.32. The molecular weight excluding hydrogens is 267 g/mol. The lowest BCUT2D eigenvalue weighted by atomic mass is 9.82. The van der Waals surface area contributed by atoms with Gasteiger partial charge in [-0.3, -0.25) is 0 Å². The summed E-state index contributed by atoms with van der Waals surface area (Å²) in [5.41, 5.74) is 0.168. The average Bonchev–Trinajstić information content (AvgIpc) is 2.93. The van der Waals surface area contributed by atoms with Crippen LogP contribution in [0, 0.1) is 6.92 Å². The Morgan fingerprint density at radius 1 is 1.14 bits per heavy atom. The van der Waals surface area contributed by atoms with Crippen molar-refractivity contribution >= 4 is 12.6 Å². The van der Waals surface area contributed by atoms with Crippen LogP contribution < -0.4 is 5.46 Å². The Labute approximate surface area is 124 Å². The van der Waals surface area contributed by atoms with Crippen LogP contribution in [-0.4, -0.2) is 38.1 Å². The van der Waals surface area contributed by atoms with E-state index in [1.54, 1.807) is 17.1 Å². The summed E-state index contributed by atoms with van der Waals surface area (Å²) in [6.07, 6.45) is 5.34. The lowest BCUT2D eigenvalue weighted by molar-refractivity contribution is 0.00578. The first-order valence-corrected chi connectivity index (χ1v) is 6.99. The van der Waals surface area contributed by atoms with Crippen LogP contribution in [0.5, 0.6) is 0 Å². The number of rotatable bonds is 2. The summed E-state index contributed by atoms with van der Waals surface area (Å²) in [6, 6.07) is 1.81. The maximum Gasteiger partial charge on any atom is 0.498 e. The largest absolute Gasteiger partial charge is 0.498 e. The van der Waals surface area contributed by atoms with E-state index in [-0.39, 0.29) is 11.2 Å². The van der Waals surface area contributed by atoms with Crippen molar-refractivity contribution in [1.82, 2.24) is 19.7 Å². The van der Waals surface area contributed by atoms with Crippen molar-refractivity contribution < 1.29 is 9.31 Å². The summed E-state index contributed by atoms with van der Waals surface area (Å²) in [7, 11) is -0.410. The molecule has 0 amide bonds. The maximum absolute atomic E-state index is 6.01. The summed E-state index contributed by atoms with van der Waals surface area (Å²) in [5, 5.41) is 4.33. The minimum atomic E-state index is -0.410. The first-order valence-electron chi connectivity index (χ1n) is 6.99. The zero-order chi connectivity index (χ0) is 15.3. The van der Waals surface area contributed by atoms with Crippen LogP contribution in [0.2, 0.25) is 0 Å². The van der Waals surface area contributed by atoms with E-state index < -0.39 is 7.12 Å². The zero-order valence-corrected chi connectivity index (χ0v) is 13.0.